The van der Waals surface area contributed by atoms with Crippen LogP contribution < -0.4 is 0 Å². The lowest BCUT2D eigenvalue weighted by molar-refractivity contribution is 0.0697. The van der Waals surface area contributed by atoms with Crippen molar-refractivity contribution >= 4 is 5.97 Å². The van der Waals surface area contributed by atoms with E-state index in [4.69, 9.17) is 5.11 Å². The molecule has 0 aliphatic rings. The minimum absolute atomic E-state index is 0.0538. The van der Waals surface area contributed by atoms with Gasteiger partial charge in [-0.15, -0.1) is 0 Å². The highest BCUT2D eigenvalue weighted by Gasteiger charge is 2.18. The number of carboxylic acid groups (broad SMARTS) is 1. The summed E-state index contributed by atoms with van der Waals surface area (Å²) in [5.41, 5.74) is 0.360. The third-order valence-corrected chi connectivity index (χ3v) is 2.64. The lowest BCUT2D eigenvalue weighted by atomic mass is 9.97. The van der Waals surface area contributed by atoms with Crippen molar-refractivity contribution in [3.8, 4) is 11.1 Å². The highest BCUT2D eigenvalue weighted by atomic mass is 19.1. The summed E-state index contributed by atoms with van der Waals surface area (Å²) in [4.78, 5) is 11.1. The van der Waals surface area contributed by atoms with E-state index in [0.29, 0.717) is 0 Å². The largest absolute Gasteiger partial charge is 0.478 e. The zero-order chi connectivity index (χ0) is 13.3. The van der Waals surface area contributed by atoms with E-state index < -0.39 is 17.6 Å². The van der Waals surface area contributed by atoms with E-state index in [0.717, 1.165) is 17.7 Å². The Morgan fingerprint density at radius 2 is 1.72 bits per heavy atom. The summed E-state index contributed by atoms with van der Waals surface area (Å²) in [5.74, 6) is -2.76. The minimum atomic E-state index is -1.22. The van der Waals surface area contributed by atoms with Crippen LogP contribution in [0.15, 0.2) is 36.4 Å². The number of hydrogen-bond acceptors (Lipinski definition) is 1. The second kappa shape index (κ2) is 4.56. The van der Waals surface area contributed by atoms with Gasteiger partial charge in [0.25, 0.3) is 0 Å². The van der Waals surface area contributed by atoms with Crippen LogP contribution in [-0.2, 0) is 0 Å². The second-order valence-electron chi connectivity index (χ2n) is 3.95. The fraction of sp³-hybridized carbons (Fsp3) is 0.0714. The summed E-state index contributed by atoms with van der Waals surface area (Å²) < 4.78 is 27.4. The fourth-order valence-corrected chi connectivity index (χ4v) is 1.81. The molecule has 0 bridgehead atoms. The molecule has 0 fully saturated rings. The minimum Gasteiger partial charge on any atom is -0.478 e. The lowest BCUT2D eigenvalue weighted by Crippen LogP contribution is -2.02. The predicted molar refractivity (Wildman–Crippen MR) is 63.5 cm³/mol. The topological polar surface area (TPSA) is 37.3 Å². The first-order chi connectivity index (χ1) is 8.50. The first kappa shape index (κ1) is 12.2. The molecule has 2 nitrogen and oxygen atoms in total. The van der Waals surface area contributed by atoms with E-state index in [1.807, 2.05) is 0 Å². The third kappa shape index (κ3) is 2.09. The normalized spacial score (nSPS) is 10.4. The molecule has 0 radical (unpaired) electrons. The number of carboxylic acids is 1. The Morgan fingerprint density at radius 3 is 2.28 bits per heavy atom. The molecule has 92 valence electrons. The van der Waals surface area contributed by atoms with Crippen molar-refractivity contribution in [1.29, 1.82) is 0 Å². The summed E-state index contributed by atoms with van der Waals surface area (Å²) in [6, 6.07) is 7.85. The zero-order valence-electron chi connectivity index (χ0n) is 9.58. The fourth-order valence-electron chi connectivity index (χ4n) is 1.81. The van der Waals surface area contributed by atoms with Gasteiger partial charge < -0.3 is 5.11 Å². The summed E-state index contributed by atoms with van der Waals surface area (Å²) in [6.45, 7) is 1.73. The molecular weight excluding hydrogens is 238 g/mol. The Hall–Kier alpha value is -2.23. The molecule has 0 aliphatic carbocycles. The maximum atomic E-state index is 13.7. The average molecular weight is 248 g/mol. The van der Waals surface area contributed by atoms with Crippen LogP contribution in [0.3, 0.4) is 0 Å². The monoisotopic (exact) mass is 248 g/mol. The van der Waals surface area contributed by atoms with Gasteiger partial charge in [0.05, 0.1) is 11.1 Å². The molecule has 0 aliphatic heterocycles. The van der Waals surface area contributed by atoms with Crippen molar-refractivity contribution in [2.45, 2.75) is 6.92 Å². The van der Waals surface area contributed by atoms with Gasteiger partial charge in [-0.2, -0.15) is 0 Å². The molecule has 2 aromatic carbocycles. The van der Waals surface area contributed by atoms with Gasteiger partial charge >= 0.3 is 5.97 Å². The van der Waals surface area contributed by atoms with E-state index in [2.05, 4.69) is 0 Å². The van der Waals surface area contributed by atoms with Gasteiger partial charge in [0, 0.05) is 5.56 Å². The second-order valence-corrected chi connectivity index (χ2v) is 3.95. The van der Waals surface area contributed by atoms with Crippen LogP contribution in [0.2, 0.25) is 0 Å². The molecule has 0 amide bonds. The quantitative estimate of drug-likeness (QED) is 0.880. The summed E-state index contributed by atoms with van der Waals surface area (Å²) in [7, 11) is 0. The number of aryl methyl sites for hydroxylation is 1. The molecule has 2 aromatic rings. The van der Waals surface area contributed by atoms with Crippen molar-refractivity contribution in [1.82, 2.24) is 0 Å². The third-order valence-electron chi connectivity index (χ3n) is 2.64. The molecule has 0 aromatic heterocycles. The van der Waals surface area contributed by atoms with Gasteiger partial charge in [-0.25, -0.2) is 13.6 Å². The molecule has 0 spiro atoms. The van der Waals surface area contributed by atoms with Gasteiger partial charge in [0.15, 0.2) is 0 Å². The molecule has 4 heteroatoms. The Balaban J connectivity index is 2.77. The van der Waals surface area contributed by atoms with E-state index >= 15 is 0 Å². The first-order valence-corrected chi connectivity index (χ1v) is 5.29. The van der Waals surface area contributed by atoms with Crippen LogP contribution in [0, 0.1) is 18.6 Å². The highest BCUT2D eigenvalue weighted by molar-refractivity contribution is 5.96. The molecule has 0 atom stereocenters. The van der Waals surface area contributed by atoms with Crippen molar-refractivity contribution < 1.29 is 18.7 Å². The number of benzene rings is 2. The maximum absolute atomic E-state index is 13.7. The molecule has 0 saturated carbocycles. The summed E-state index contributed by atoms with van der Waals surface area (Å²) in [5, 5.41) is 9.05. The highest BCUT2D eigenvalue weighted by Crippen LogP contribution is 2.29. The van der Waals surface area contributed by atoms with Crippen molar-refractivity contribution in [3.63, 3.8) is 0 Å². The van der Waals surface area contributed by atoms with Crippen LogP contribution in [0.4, 0.5) is 8.78 Å². The zero-order valence-corrected chi connectivity index (χ0v) is 9.58. The molecule has 0 heterocycles. The number of aromatic carboxylic acids is 1. The standard InChI is InChI=1S/C14H10F2O2/c1-8-5-6-9(14(17)18)10(7-8)13-11(15)3-2-4-12(13)16/h2-7H,1H3,(H,17,18). The molecule has 1 N–H and O–H groups in total. The van der Waals surface area contributed by atoms with E-state index in [-0.39, 0.29) is 16.7 Å². The van der Waals surface area contributed by atoms with Gasteiger partial charge in [0.1, 0.15) is 11.6 Å². The van der Waals surface area contributed by atoms with Gasteiger partial charge in [-0.3, -0.25) is 0 Å². The Labute approximate surface area is 103 Å². The van der Waals surface area contributed by atoms with Crippen LogP contribution in [-0.4, -0.2) is 11.1 Å². The van der Waals surface area contributed by atoms with Gasteiger partial charge in [0.2, 0.25) is 0 Å². The average Bonchev–Trinajstić information content (AvgIpc) is 2.28. The number of carbonyl (C=O) groups is 1. The molecule has 0 unspecified atom stereocenters. The SMILES string of the molecule is Cc1ccc(C(=O)O)c(-c2c(F)cccc2F)c1. The van der Waals surface area contributed by atoms with Crippen molar-refractivity contribution in [2.24, 2.45) is 0 Å². The van der Waals surface area contributed by atoms with E-state index in [1.165, 1.54) is 18.2 Å². The van der Waals surface area contributed by atoms with Crippen LogP contribution in [0.5, 0.6) is 0 Å². The summed E-state index contributed by atoms with van der Waals surface area (Å²) >= 11 is 0. The Morgan fingerprint density at radius 1 is 1.11 bits per heavy atom. The van der Waals surface area contributed by atoms with E-state index in [1.54, 1.807) is 13.0 Å². The predicted octanol–water partition coefficient (Wildman–Crippen LogP) is 3.64. The first-order valence-electron chi connectivity index (χ1n) is 5.29. The summed E-state index contributed by atoms with van der Waals surface area (Å²) in [6.07, 6.45) is 0. The van der Waals surface area contributed by atoms with Crippen LogP contribution >= 0.6 is 0 Å². The lowest BCUT2D eigenvalue weighted by Gasteiger charge is -2.09. The van der Waals surface area contributed by atoms with Crippen LogP contribution in [0.1, 0.15) is 15.9 Å². The molecular formula is C14H10F2O2. The molecule has 18 heavy (non-hydrogen) atoms. The van der Waals surface area contributed by atoms with Gasteiger partial charge in [-0.1, -0.05) is 23.8 Å². The molecule has 0 saturated heterocycles. The number of rotatable bonds is 2. The molecule has 2 rings (SSSR count). The van der Waals surface area contributed by atoms with Crippen LogP contribution in [0.25, 0.3) is 11.1 Å². The Kier molecular flexibility index (Phi) is 3.10. The smallest absolute Gasteiger partial charge is 0.336 e. The van der Waals surface area contributed by atoms with Crippen molar-refractivity contribution in [3.05, 3.63) is 59.2 Å². The van der Waals surface area contributed by atoms with Crippen molar-refractivity contribution in [2.75, 3.05) is 0 Å². The Bertz CT molecular complexity index is 601. The van der Waals surface area contributed by atoms with E-state index in [9.17, 15) is 13.6 Å². The number of halogens is 2. The van der Waals surface area contributed by atoms with Gasteiger partial charge in [-0.05, 0) is 25.1 Å². The maximum Gasteiger partial charge on any atom is 0.336 e. The number of hydrogen-bond donors (Lipinski definition) is 1.